The number of hydrogen-bond acceptors (Lipinski definition) is 4. The fourth-order valence-electron chi connectivity index (χ4n) is 1.72. The van der Waals surface area contributed by atoms with Crippen LogP contribution in [0.5, 0.6) is 0 Å². The van der Waals surface area contributed by atoms with Gasteiger partial charge in [-0.05, 0) is 24.3 Å². The Morgan fingerprint density at radius 1 is 1.21 bits per heavy atom. The SMILES string of the molecule is NC/C=C/CNS(=O)(=O)c1cccc2ncccc12. The Hall–Kier alpha value is -1.76. The first-order chi connectivity index (χ1) is 9.15. The highest BCUT2D eigenvalue weighted by Gasteiger charge is 2.16. The molecule has 0 saturated heterocycles. The highest BCUT2D eigenvalue weighted by atomic mass is 32.2. The zero-order chi connectivity index (χ0) is 13.7. The van der Waals surface area contributed by atoms with Gasteiger partial charge in [0.2, 0.25) is 10.0 Å². The number of nitrogens with two attached hydrogens (primary N) is 1. The summed E-state index contributed by atoms with van der Waals surface area (Å²) in [5, 5.41) is 0.611. The van der Waals surface area contributed by atoms with E-state index in [2.05, 4.69) is 9.71 Å². The van der Waals surface area contributed by atoms with Crippen molar-refractivity contribution in [3.05, 3.63) is 48.7 Å². The standard InChI is InChI=1S/C13H15N3O2S/c14-8-1-2-10-16-19(17,18)13-7-3-6-12-11(13)5-4-9-15-12/h1-7,9,16H,8,10,14H2/b2-1+. The number of fused-ring (bicyclic) bond motifs is 1. The lowest BCUT2D eigenvalue weighted by molar-refractivity contribution is 0.586. The molecule has 2 aromatic rings. The van der Waals surface area contributed by atoms with E-state index in [1.165, 1.54) is 0 Å². The van der Waals surface area contributed by atoms with Crippen LogP contribution >= 0.6 is 0 Å². The molecule has 0 amide bonds. The van der Waals surface area contributed by atoms with Crippen molar-refractivity contribution < 1.29 is 8.42 Å². The predicted octanol–water partition coefficient (Wildman–Crippen LogP) is 1.03. The average Bonchev–Trinajstić information content (AvgIpc) is 2.43. The van der Waals surface area contributed by atoms with E-state index in [1.807, 2.05) is 0 Å². The molecule has 0 aliphatic rings. The van der Waals surface area contributed by atoms with Gasteiger partial charge in [0.15, 0.2) is 0 Å². The van der Waals surface area contributed by atoms with Crippen molar-refractivity contribution in [3.8, 4) is 0 Å². The van der Waals surface area contributed by atoms with Gasteiger partial charge in [-0.2, -0.15) is 0 Å². The van der Waals surface area contributed by atoms with Gasteiger partial charge in [0, 0.05) is 24.7 Å². The first-order valence-electron chi connectivity index (χ1n) is 5.83. The highest BCUT2D eigenvalue weighted by molar-refractivity contribution is 7.89. The molecule has 0 aliphatic carbocycles. The summed E-state index contributed by atoms with van der Waals surface area (Å²) in [6.07, 6.45) is 5.02. The summed E-state index contributed by atoms with van der Waals surface area (Å²) in [5.74, 6) is 0. The van der Waals surface area contributed by atoms with Gasteiger partial charge in [-0.3, -0.25) is 4.98 Å². The molecule has 0 radical (unpaired) electrons. The lowest BCUT2D eigenvalue weighted by Crippen LogP contribution is -2.24. The maximum Gasteiger partial charge on any atom is 0.241 e. The largest absolute Gasteiger partial charge is 0.327 e. The normalized spacial score (nSPS) is 12.3. The Kier molecular flexibility index (Phi) is 4.26. The fourth-order valence-corrected chi connectivity index (χ4v) is 2.92. The minimum absolute atomic E-state index is 0.218. The Balaban J connectivity index is 2.35. The van der Waals surface area contributed by atoms with Gasteiger partial charge in [0.1, 0.15) is 0 Å². The van der Waals surface area contributed by atoms with Gasteiger partial charge < -0.3 is 5.73 Å². The van der Waals surface area contributed by atoms with Gasteiger partial charge in [-0.25, -0.2) is 13.1 Å². The van der Waals surface area contributed by atoms with E-state index >= 15 is 0 Å². The molecular weight excluding hydrogens is 262 g/mol. The number of pyridine rings is 1. The van der Waals surface area contributed by atoms with Gasteiger partial charge in [0.05, 0.1) is 10.4 Å². The molecule has 1 aromatic carbocycles. The fraction of sp³-hybridized carbons (Fsp3) is 0.154. The molecule has 6 heteroatoms. The smallest absolute Gasteiger partial charge is 0.241 e. The number of nitrogens with zero attached hydrogens (tertiary/aromatic N) is 1. The van der Waals surface area contributed by atoms with Crippen LogP contribution < -0.4 is 10.5 Å². The van der Waals surface area contributed by atoms with Crippen LogP contribution in [0.2, 0.25) is 0 Å². The zero-order valence-corrected chi connectivity index (χ0v) is 11.1. The molecule has 0 atom stereocenters. The van der Waals surface area contributed by atoms with E-state index in [-0.39, 0.29) is 11.4 Å². The molecule has 2 rings (SSSR count). The monoisotopic (exact) mass is 277 g/mol. The predicted molar refractivity (Wildman–Crippen MR) is 75.1 cm³/mol. The van der Waals surface area contributed by atoms with Crippen molar-refractivity contribution in [3.63, 3.8) is 0 Å². The second-order valence-corrected chi connectivity index (χ2v) is 5.62. The average molecular weight is 277 g/mol. The van der Waals surface area contributed by atoms with Crippen LogP contribution in [-0.2, 0) is 10.0 Å². The number of hydrogen-bond donors (Lipinski definition) is 2. The summed E-state index contributed by atoms with van der Waals surface area (Å²) in [6.45, 7) is 0.607. The first kappa shape index (κ1) is 13.7. The van der Waals surface area contributed by atoms with Gasteiger partial charge in [-0.1, -0.05) is 18.2 Å². The minimum atomic E-state index is -3.55. The molecule has 0 spiro atoms. The van der Waals surface area contributed by atoms with Crippen LogP contribution in [0.15, 0.2) is 53.6 Å². The maximum absolute atomic E-state index is 12.2. The third kappa shape index (κ3) is 3.17. The van der Waals surface area contributed by atoms with E-state index in [1.54, 1.807) is 48.7 Å². The van der Waals surface area contributed by atoms with Crippen LogP contribution in [-0.4, -0.2) is 26.5 Å². The number of rotatable bonds is 5. The zero-order valence-electron chi connectivity index (χ0n) is 10.3. The summed E-state index contributed by atoms with van der Waals surface area (Å²) in [5.41, 5.74) is 5.95. The lowest BCUT2D eigenvalue weighted by atomic mass is 10.2. The first-order valence-corrected chi connectivity index (χ1v) is 7.32. The number of benzene rings is 1. The molecule has 0 fully saturated rings. The number of nitrogens with one attached hydrogen (secondary N) is 1. The third-order valence-corrected chi connectivity index (χ3v) is 4.07. The second-order valence-electron chi connectivity index (χ2n) is 3.89. The van der Waals surface area contributed by atoms with Crippen molar-refractivity contribution in [2.24, 2.45) is 5.73 Å². The molecule has 19 heavy (non-hydrogen) atoms. The summed E-state index contributed by atoms with van der Waals surface area (Å²) in [7, 11) is -3.55. The van der Waals surface area contributed by atoms with Gasteiger partial charge in [-0.15, -0.1) is 0 Å². The van der Waals surface area contributed by atoms with Crippen LogP contribution in [0, 0.1) is 0 Å². The second kappa shape index (κ2) is 5.92. The van der Waals surface area contributed by atoms with Crippen LogP contribution in [0.4, 0.5) is 0 Å². The molecule has 100 valence electrons. The van der Waals surface area contributed by atoms with Crippen molar-refractivity contribution in [1.29, 1.82) is 0 Å². The van der Waals surface area contributed by atoms with E-state index in [0.29, 0.717) is 17.4 Å². The molecule has 1 aromatic heterocycles. The van der Waals surface area contributed by atoms with Crippen LogP contribution in [0.25, 0.3) is 10.9 Å². The van der Waals surface area contributed by atoms with E-state index in [0.717, 1.165) is 0 Å². The van der Waals surface area contributed by atoms with E-state index < -0.39 is 10.0 Å². The summed E-state index contributed by atoms with van der Waals surface area (Å²) < 4.78 is 26.9. The Labute approximate surface area is 112 Å². The van der Waals surface area contributed by atoms with Crippen LogP contribution in [0.1, 0.15) is 0 Å². The van der Waals surface area contributed by atoms with Gasteiger partial charge in [0.25, 0.3) is 0 Å². The molecular formula is C13H15N3O2S. The molecule has 5 nitrogen and oxygen atoms in total. The minimum Gasteiger partial charge on any atom is -0.327 e. The molecule has 0 saturated carbocycles. The Bertz CT molecular complexity index is 691. The molecule has 3 N–H and O–H groups in total. The Morgan fingerprint density at radius 2 is 2.05 bits per heavy atom. The topological polar surface area (TPSA) is 85.1 Å². The van der Waals surface area contributed by atoms with E-state index in [4.69, 9.17) is 5.73 Å². The van der Waals surface area contributed by atoms with E-state index in [9.17, 15) is 8.42 Å². The number of aromatic nitrogens is 1. The van der Waals surface area contributed by atoms with Crippen molar-refractivity contribution >= 4 is 20.9 Å². The summed E-state index contributed by atoms with van der Waals surface area (Å²) in [4.78, 5) is 4.38. The van der Waals surface area contributed by atoms with Crippen molar-refractivity contribution in [1.82, 2.24) is 9.71 Å². The van der Waals surface area contributed by atoms with Crippen molar-refractivity contribution in [2.45, 2.75) is 4.90 Å². The number of sulfonamides is 1. The molecule has 0 unspecified atom stereocenters. The summed E-state index contributed by atoms with van der Waals surface area (Å²) in [6, 6.07) is 8.49. The molecule has 0 aliphatic heterocycles. The van der Waals surface area contributed by atoms with Crippen molar-refractivity contribution in [2.75, 3.05) is 13.1 Å². The third-order valence-electron chi connectivity index (χ3n) is 2.59. The van der Waals surface area contributed by atoms with Crippen LogP contribution in [0.3, 0.4) is 0 Å². The summed E-state index contributed by atoms with van der Waals surface area (Å²) >= 11 is 0. The molecule has 0 bridgehead atoms. The highest BCUT2D eigenvalue weighted by Crippen LogP contribution is 2.20. The van der Waals surface area contributed by atoms with Gasteiger partial charge >= 0.3 is 0 Å². The molecule has 1 heterocycles. The quantitative estimate of drug-likeness (QED) is 0.799. The Morgan fingerprint density at radius 3 is 2.84 bits per heavy atom. The maximum atomic E-state index is 12.2. The lowest BCUT2D eigenvalue weighted by Gasteiger charge is -2.07.